The van der Waals surface area contributed by atoms with Crippen molar-refractivity contribution >= 4 is 46.3 Å². The van der Waals surface area contributed by atoms with Crippen molar-refractivity contribution < 1.29 is 0 Å². The van der Waals surface area contributed by atoms with Crippen molar-refractivity contribution in [1.82, 2.24) is 20.2 Å². The second-order valence-corrected chi connectivity index (χ2v) is 5.04. The van der Waals surface area contributed by atoms with Crippen LogP contribution in [0, 0.1) is 0 Å². The largest absolute Gasteiger partial charge is 0.259 e. The molecule has 0 saturated carbocycles. The van der Waals surface area contributed by atoms with Crippen LogP contribution in [-0.2, 0) is 0 Å². The topological polar surface area (TPSA) is 54.5 Å². The fourth-order valence-electron chi connectivity index (χ4n) is 1.24. The lowest BCUT2D eigenvalue weighted by Crippen LogP contribution is -1.90. The van der Waals surface area contributed by atoms with Crippen LogP contribution in [0.1, 0.15) is 0 Å². The molecule has 0 atom stereocenters. The molecule has 0 spiro atoms. The molecule has 0 aliphatic carbocycles. The summed E-state index contributed by atoms with van der Waals surface area (Å²) in [5, 5.41) is 10.9. The molecule has 0 aliphatic rings. The van der Waals surface area contributed by atoms with E-state index < -0.39 is 0 Å². The summed E-state index contributed by atoms with van der Waals surface area (Å²) in [4.78, 5) is 8.84. The van der Waals surface area contributed by atoms with E-state index in [2.05, 4.69) is 20.2 Å². The van der Waals surface area contributed by atoms with E-state index in [0.717, 1.165) is 26.2 Å². The number of aromatic amines is 1. The summed E-state index contributed by atoms with van der Waals surface area (Å²) in [6.07, 6.45) is 5.99. The van der Waals surface area contributed by atoms with E-state index in [1.54, 1.807) is 23.5 Å². The Balaban J connectivity index is 2.72. The first-order valence-corrected chi connectivity index (χ1v) is 7.85. The normalized spacial score (nSPS) is 11.1. The lowest BCUT2D eigenvalue weighted by atomic mass is 10.4. The van der Waals surface area contributed by atoms with E-state index in [0.29, 0.717) is 0 Å². The van der Waals surface area contributed by atoms with Crippen molar-refractivity contribution in [1.29, 1.82) is 0 Å². The zero-order valence-corrected chi connectivity index (χ0v) is 11.0. The van der Waals surface area contributed by atoms with Crippen molar-refractivity contribution in [3.8, 4) is 0 Å². The molecule has 0 amide bonds. The summed E-state index contributed by atoms with van der Waals surface area (Å²) in [5.41, 5.74) is 0.822. The van der Waals surface area contributed by atoms with Gasteiger partial charge in [-0.15, -0.1) is 23.5 Å². The molecule has 1 N–H and O–H groups in total. The van der Waals surface area contributed by atoms with Gasteiger partial charge in [-0.3, -0.25) is 5.10 Å². The van der Waals surface area contributed by atoms with Gasteiger partial charge in [0.25, 0.3) is 0 Å². The molecule has 0 aromatic carbocycles. The molecule has 15 heavy (non-hydrogen) atoms. The Morgan fingerprint density at radius 1 is 0.933 bits per heavy atom. The molecule has 80 valence electrons. The SMILES string of the molecule is CSc1nc(SC)c2c(SC)n[nH]c2n1. The number of H-pyrrole nitrogens is 1. The molecule has 0 aliphatic heterocycles. The molecule has 0 bridgehead atoms. The lowest BCUT2D eigenvalue weighted by molar-refractivity contribution is 0.925. The molecule has 0 unspecified atom stereocenters. The highest BCUT2D eigenvalue weighted by atomic mass is 32.2. The van der Waals surface area contributed by atoms with Crippen LogP contribution in [0.3, 0.4) is 0 Å². The summed E-state index contributed by atoms with van der Waals surface area (Å²) < 4.78 is 0. The van der Waals surface area contributed by atoms with Gasteiger partial charge in [0.15, 0.2) is 10.8 Å². The van der Waals surface area contributed by atoms with Gasteiger partial charge < -0.3 is 0 Å². The summed E-state index contributed by atoms with van der Waals surface area (Å²) in [6.45, 7) is 0. The number of aromatic nitrogens is 4. The van der Waals surface area contributed by atoms with Crippen LogP contribution < -0.4 is 0 Å². The van der Waals surface area contributed by atoms with Gasteiger partial charge in [-0.2, -0.15) is 5.10 Å². The molecule has 2 aromatic rings. The molecule has 0 saturated heterocycles. The van der Waals surface area contributed by atoms with E-state index in [9.17, 15) is 0 Å². The van der Waals surface area contributed by atoms with Crippen molar-refractivity contribution in [2.75, 3.05) is 18.8 Å². The quantitative estimate of drug-likeness (QED) is 0.518. The summed E-state index contributed by atoms with van der Waals surface area (Å²) in [6, 6.07) is 0. The first kappa shape index (κ1) is 11.1. The monoisotopic (exact) mass is 258 g/mol. The Hall–Kier alpha value is -0.400. The smallest absolute Gasteiger partial charge is 0.190 e. The summed E-state index contributed by atoms with van der Waals surface area (Å²) in [5.74, 6) is 0. The fraction of sp³-hybridized carbons (Fsp3) is 0.375. The van der Waals surface area contributed by atoms with Crippen LogP contribution in [-0.4, -0.2) is 38.9 Å². The summed E-state index contributed by atoms with van der Waals surface area (Å²) in [7, 11) is 0. The average molecular weight is 258 g/mol. The Morgan fingerprint density at radius 2 is 1.67 bits per heavy atom. The Bertz CT molecular complexity index is 482. The highest BCUT2D eigenvalue weighted by Gasteiger charge is 2.13. The van der Waals surface area contributed by atoms with Crippen LogP contribution in [0.25, 0.3) is 11.0 Å². The molecule has 0 radical (unpaired) electrons. The van der Waals surface area contributed by atoms with E-state index in [1.165, 1.54) is 11.8 Å². The molecule has 2 heterocycles. The maximum absolute atomic E-state index is 4.46. The lowest BCUT2D eigenvalue weighted by Gasteiger charge is -2.01. The van der Waals surface area contributed by atoms with E-state index in [1.807, 2.05) is 18.8 Å². The minimum atomic E-state index is 0.781. The van der Waals surface area contributed by atoms with Gasteiger partial charge in [0.1, 0.15) is 10.1 Å². The van der Waals surface area contributed by atoms with E-state index in [-0.39, 0.29) is 0 Å². The number of fused-ring (bicyclic) bond motifs is 1. The van der Waals surface area contributed by atoms with Crippen molar-refractivity contribution in [2.24, 2.45) is 0 Å². The molecule has 7 heteroatoms. The number of thioether (sulfide) groups is 3. The first-order valence-electron chi connectivity index (χ1n) is 4.18. The second-order valence-electron chi connectivity index (χ2n) is 2.68. The maximum atomic E-state index is 4.46. The standard InChI is InChI=1S/C8H10N4S3/c1-13-6-4-5(9-8(10-6)15-3)11-12-7(4)14-2/h1-3H3,(H,9,10,11,12). The molecule has 2 rings (SSSR count). The molecule has 0 fully saturated rings. The Morgan fingerprint density at radius 3 is 2.27 bits per heavy atom. The summed E-state index contributed by atoms with van der Waals surface area (Å²) >= 11 is 4.77. The van der Waals surface area contributed by atoms with E-state index >= 15 is 0 Å². The number of hydrogen-bond donors (Lipinski definition) is 1. The van der Waals surface area contributed by atoms with Gasteiger partial charge in [-0.05, 0) is 18.8 Å². The number of rotatable bonds is 3. The van der Waals surface area contributed by atoms with Crippen LogP contribution in [0.15, 0.2) is 15.2 Å². The fourth-order valence-corrected chi connectivity index (χ4v) is 2.84. The van der Waals surface area contributed by atoms with Gasteiger partial charge in [0, 0.05) is 0 Å². The third-order valence-corrected chi connectivity index (χ3v) is 3.81. The minimum absolute atomic E-state index is 0.781. The predicted octanol–water partition coefficient (Wildman–Crippen LogP) is 2.52. The minimum Gasteiger partial charge on any atom is -0.259 e. The van der Waals surface area contributed by atoms with Crippen molar-refractivity contribution in [2.45, 2.75) is 15.2 Å². The van der Waals surface area contributed by atoms with Crippen LogP contribution >= 0.6 is 35.3 Å². The van der Waals surface area contributed by atoms with Crippen LogP contribution in [0.4, 0.5) is 0 Å². The molecular formula is C8H10N4S3. The number of nitrogens with one attached hydrogen (secondary N) is 1. The number of hydrogen-bond acceptors (Lipinski definition) is 6. The Kier molecular flexibility index (Phi) is 3.42. The van der Waals surface area contributed by atoms with Crippen LogP contribution in [0.2, 0.25) is 0 Å². The molecule has 2 aromatic heterocycles. The first-order chi connectivity index (χ1) is 7.30. The third-order valence-electron chi connectivity index (χ3n) is 1.90. The molecule has 4 nitrogen and oxygen atoms in total. The van der Waals surface area contributed by atoms with Crippen molar-refractivity contribution in [3.63, 3.8) is 0 Å². The van der Waals surface area contributed by atoms with Gasteiger partial charge in [0.05, 0.1) is 5.39 Å². The van der Waals surface area contributed by atoms with Crippen molar-refractivity contribution in [3.05, 3.63) is 0 Å². The molecular weight excluding hydrogens is 248 g/mol. The zero-order valence-electron chi connectivity index (χ0n) is 8.57. The average Bonchev–Trinajstić information content (AvgIpc) is 2.70. The third kappa shape index (κ3) is 1.95. The predicted molar refractivity (Wildman–Crippen MR) is 67.0 cm³/mol. The highest BCUT2D eigenvalue weighted by molar-refractivity contribution is 7.99. The van der Waals surface area contributed by atoms with Crippen LogP contribution in [0.5, 0.6) is 0 Å². The number of nitrogens with zero attached hydrogens (tertiary/aromatic N) is 3. The van der Waals surface area contributed by atoms with Gasteiger partial charge in [0.2, 0.25) is 0 Å². The second kappa shape index (κ2) is 4.63. The Labute approximate surface area is 100 Å². The van der Waals surface area contributed by atoms with E-state index in [4.69, 9.17) is 0 Å². The van der Waals surface area contributed by atoms with Gasteiger partial charge in [-0.25, -0.2) is 9.97 Å². The maximum Gasteiger partial charge on any atom is 0.190 e. The van der Waals surface area contributed by atoms with Gasteiger partial charge in [-0.1, -0.05) is 11.8 Å². The zero-order chi connectivity index (χ0) is 10.8. The van der Waals surface area contributed by atoms with Gasteiger partial charge >= 0.3 is 0 Å². The highest BCUT2D eigenvalue weighted by Crippen LogP contribution is 2.31.